The SMILES string of the molecule is CCCc1c2c(c(C(C)C)c(CC(=O)O)c1C(C)(C)C)CCC(C)(O)O2. The number of rotatable bonds is 5. The topological polar surface area (TPSA) is 66.8 Å². The molecule has 1 aromatic rings. The van der Waals surface area contributed by atoms with E-state index in [9.17, 15) is 15.0 Å². The first-order valence-electron chi connectivity index (χ1n) is 9.73. The summed E-state index contributed by atoms with van der Waals surface area (Å²) >= 11 is 0. The minimum absolute atomic E-state index is 0.0283. The summed E-state index contributed by atoms with van der Waals surface area (Å²) in [5.74, 6) is -0.983. The van der Waals surface area contributed by atoms with Crippen molar-refractivity contribution < 1.29 is 19.7 Å². The van der Waals surface area contributed by atoms with Crippen molar-refractivity contribution in [3.8, 4) is 5.75 Å². The molecular formula is C22H34O4. The summed E-state index contributed by atoms with van der Waals surface area (Å²) in [5.41, 5.74) is 5.10. The Bertz CT molecular complexity index is 693. The lowest BCUT2D eigenvalue weighted by Crippen LogP contribution is -2.38. The number of fused-ring (bicyclic) bond motifs is 1. The number of aliphatic carboxylic acids is 1. The molecule has 0 fully saturated rings. The zero-order valence-electron chi connectivity index (χ0n) is 17.3. The molecule has 0 amide bonds. The fourth-order valence-corrected chi connectivity index (χ4v) is 4.34. The minimum Gasteiger partial charge on any atom is -0.481 e. The molecule has 0 saturated heterocycles. The summed E-state index contributed by atoms with van der Waals surface area (Å²) in [6, 6.07) is 0. The maximum atomic E-state index is 11.7. The summed E-state index contributed by atoms with van der Waals surface area (Å²) < 4.78 is 6.10. The highest BCUT2D eigenvalue weighted by Crippen LogP contribution is 2.47. The molecule has 0 radical (unpaired) electrons. The predicted octanol–water partition coefficient (Wildman–Crippen LogP) is 4.72. The molecule has 26 heavy (non-hydrogen) atoms. The van der Waals surface area contributed by atoms with E-state index in [1.807, 2.05) is 0 Å². The van der Waals surface area contributed by atoms with Crippen LogP contribution in [0.25, 0.3) is 0 Å². The van der Waals surface area contributed by atoms with Gasteiger partial charge in [0.1, 0.15) is 5.75 Å². The largest absolute Gasteiger partial charge is 0.481 e. The maximum Gasteiger partial charge on any atom is 0.307 e. The Morgan fingerprint density at radius 2 is 1.88 bits per heavy atom. The van der Waals surface area contributed by atoms with Gasteiger partial charge in [-0.05, 0) is 52.0 Å². The standard InChI is InChI=1S/C22H34O4/c1-8-9-15-19(21(4,5)6)16(12-17(23)24)18(13(2)3)14-10-11-22(7,25)26-20(14)15/h13,25H,8-12H2,1-7H3,(H,23,24). The molecule has 0 aliphatic carbocycles. The summed E-state index contributed by atoms with van der Waals surface area (Å²) in [6.45, 7) is 14.4. The van der Waals surface area contributed by atoms with Gasteiger partial charge in [-0.15, -0.1) is 0 Å². The lowest BCUT2D eigenvalue weighted by Gasteiger charge is -2.39. The molecule has 1 atom stereocenters. The molecule has 0 aromatic heterocycles. The van der Waals surface area contributed by atoms with Gasteiger partial charge in [0.15, 0.2) is 0 Å². The molecule has 0 bridgehead atoms. The second-order valence-electron chi connectivity index (χ2n) is 9.06. The van der Waals surface area contributed by atoms with Crippen LogP contribution in [-0.4, -0.2) is 22.0 Å². The van der Waals surface area contributed by atoms with Crippen LogP contribution in [0.1, 0.15) is 95.0 Å². The second kappa shape index (κ2) is 7.22. The van der Waals surface area contributed by atoms with Crippen LogP contribution in [-0.2, 0) is 29.5 Å². The monoisotopic (exact) mass is 362 g/mol. The third kappa shape index (κ3) is 4.06. The molecule has 1 unspecified atom stereocenters. The summed E-state index contributed by atoms with van der Waals surface area (Å²) in [6.07, 6.45) is 3.02. The minimum atomic E-state index is -1.17. The first-order valence-corrected chi connectivity index (χ1v) is 9.73. The van der Waals surface area contributed by atoms with Crippen LogP contribution >= 0.6 is 0 Å². The molecule has 0 spiro atoms. The van der Waals surface area contributed by atoms with Gasteiger partial charge in [-0.3, -0.25) is 4.79 Å². The molecule has 0 saturated carbocycles. The van der Waals surface area contributed by atoms with Gasteiger partial charge in [-0.25, -0.2) is 0 Å². The first-order chi connectivity index (χ1) is 11.9. The van der Waals surface area contributed by atoms with Gasteiger partial charge >= 0.3 is 5.97 Å². The van der Waals surface area contributed by atoms with Crippen molar-refractivity contribution in [2.75, 3.05) is 0 Å². The number of carboxylic acids is 1. The molecule has 2 N–H and O–H groups in total. The van der Waals surface area contributed by atoms with E-state index in [-0.39, 0.29) is 17.8 Å². The highest BCUT2D eigenvalue weighted by atomic mass is 16.6. The van der Waals surface area contributed by atoms with E-state index in [4.69, 9.17) is 4.74 Å². The van der Waals surface area contributed by atoms with Crippen molar-refractivity contribution in [2.45, 2.75) is 97.7 Å². The predicted molar refractivity (Wildman–Crippen MR) is 104 cm³/mol. The fourth-order valence-electron chi connectivity index (χ4n) is 4.34. The van der Waals surface area contributed by atoms with Gasteiger partial charge in [-0.2, -0.15) is 0 Å². The zero-order valence-corrected chi connectivity index (χ0v) is 17.3. The molecule has 2 rings (SSSR count). The lowest BCUT2D eigenvalue weighted by atomic mass is 9.72. The van der Waals surface area contributed by atoms with Gasteiger partial charge in [0.2, 0.25) is 5.79 Å². The van der Waals surface area contributed by atoms with E-state index in [0.29, 0.717) is 12.8 Å². The Hall–Kier alpha value is -1.55. The molecule has 1 aliphatic rings. The number of aliphatic hydroxyl groups is 1. The van der Waals surface area contributed by atoms with Crippen LogP contribution in [0.15, 0.2) is 0 Å². The van der Waals surface area contributed by atoms with Crippen LogP contribution in [0.4, 0.5) is 0 Å². The first kappa shape index (κ1) is 20.8. The molecule has 4 nitrogen and oxygen atoms in total. The van der Waals surface area contributed by atoms with E-state index in [1.54, 1.807) is 6.92 Å². The van der Waals surface area contributed by atoms with E-state index >= 15 is 0 Å². The van der Waals surface area contributed by atoms with E-state index in [2.05, 4.69) is 41.5 Å². The van der Waals surface area contributed by atoms with Crippen LogP contribution < -0.4 is 4.74 Å². The Morgan fingerprint density at radius 3 is 2.35 bits per heavy atom. The molecule has 1 heterocycles. The third-order valence-corrected chi connectivity index (χ3v) is 5.12. The van der Waals surface area contributed by atoms with Crippen LogP contribution in [0.3, 0.4) is 0 Å². The summed E-state index contributed by atoms with van der Waals surface area (Å²) in [4.78, 5) is 11.7. The number of benzene rings is 1. The highest BCUT2D eigenvalue weighted by Gasteiger charge is 2.37. The maximum absolute atomic E-state index is 11.7. The van der Waals surface area contributed by atoms with E-state index in [1.165, 1.54) is 0 Å². The summed E-state index contributed by atoms with van der Waals surface area (Å²) in [7, 11) is 0. The quantitative estimate of drug-likeness (QED) is 0.795. The van der Waals surface area contributed by atoms with Crippen LogP contribution in [0, 0.1) is 0 Å². The highest BCUT2D eigenvalue weighted by molar-refractivity contribution is 5.74. The number of hydrogen-bond acceptors (Lipinski definition) is 3. The lowest BCUT2D eigenvalue weighted by molar-refractivity contribution is -0.137. The van der Waals surface area contributed by atoms with Crippen molar-refractivity contribution in [3.63, 3.8) is 0 Å². The van der Waals surface area contributed by atoms with Crippen molar-refractivity contribution in [1.82, 2.24) is 0 Å². The van der Waals surface area contributed by atoms with Gasteiger partial charge in [0.05, 0.1) is 6.42 Å². The number of ether oxygens (including phenoxy) is 1. The third-order valence-electron chi connectivity index (χ3n) is 5.12. The molecular weight excluding hydrogens is 328 g/mol. The Balaban J connectivity index is 2.95. The van der Waals surface area contributed by atoms with E-state index < -0.39 is 11.8 Å². The number of carboxylic acid groups (broad SMARTS) is 1. The fraction of sp³-hybridized carbons (Fsp3) is 0.682. The molecule has 1 aromatic carbocycles. The van der Waals surface area contributed by atoms with Gasteiger partial charge in [0.25, 0.3) is 0 Å². The van der Waals surface area contributed by atoms with Crippen molar-refractivity contribution in [3.05, 3.63) is 27.8 Å². The Labute approximate surface area is 157 Å². The molecule has 146 valence electrons. The molecule has 1 aliphatic heterocycles. The Morgan fingerprint density at radius 1 is 1.27 bits per heavy atom. The van der Waals surface area contributed by atoms with Crippen molar-refractivity contribution in [2.24, 2.45) is 0 Å². The van der Waals surface area contributed by atoms with Gasteiger partial charge < -0.3 is 14.9 Å². The van der Waals surface area contributed by atoms with E-state index in [0.717, 1.165) is 46.4 Å². The number of hydrogen-bond donors (Lipinski definition) is 2. The average Bonchev–Trinajstić information content (AvgIpc) is 2.45. The van der Waals surface area contributed by atoms with Crippen LogP contribution in [0.5, 0.6) is 5.75 Å². The normalized spacial score (nSPS) is 20.0. The average molecular weight is 363 g/mol. The van der Waals surface area contributed by atoms with Crippen molar-refractivity contribution in [1.29, 1.82) is 0 Å². The van der Waals surface area contributed by atoms with Crippen molar-refractivity contribution >= 4 is 5.97 Å². The molecule has 4 heteroatoms. The van der Waals surface area contributed by atoms with Gasteiger partial charge in [0, 0.05) is 13.3 Å². The summed E-state index contributed by atoms with van der Waals surface area (Å²) in [5, 5.41) is 20.1. The second-order valence-corrected chi connectivity index (χ2v) is 9.06. The van der Waals surface area contributed by atoms with Crippen LogP contribution in [0.2, 0.25) is 0 Å². The van der Waals surface area contributed by atoms with Gasteiger partial charge in [-0.1, -0.05) is 48.0 Å². The smallest absolute Gasteiger partial charge is 0.307 e. The Kier molecular flexibility index (Phi) is 5.77. The zero-order chi connectivity index (χ0) is 19.9. The number of carbonyl (C=O) groups is 1.